The van der Waals surface area contributed by atoms with Gasteiger partial charge in [0.15, 0.2) is 0 Å². The van der Waals surface area contributed by atoms with E-state index in [2.05, 4.69) is 25.9 Å². The van der Waals surface area contributed by atoms with E-state index in [0.717, 1.165) is 32.2 Å². The zero-order valence-corrected chi connectivity index (χ0v) is 12.5. The molecule has 0 fully saturated rings. The number of aromatic nitrogens is 2. The molecule has 2 aromatic carbocycles. The van der Waals surface area contributed by atoms with E-state index < -0.39 is 0 Å². The summed E-state index contributed by atoms with van der Waals surface area (Å²) in [6.07, 6.45) is 0. The van der Waals surface area contributed by atoms with Crippen LogP contribution in [0.2, 0.25) is 0 Å². The molecule has 3 aromatic rings. The Morgan fingerprint density at radius 3 is 2.60 bits per heavy atom. The summed E-state index contributed by atoms with van der Waals surface area (Å²) < 4.78 is 1.04. The Morgan fingerprint density at radius 1 is 1.10 bits per heavy atom. The van der Waals surface area contributed by atoms with Crippen molar-refractivity contribution in [1.29, 1.82) is 0 Å². The standard InChI is InChI=1S/C15H14BrN3O/c1-8-6-10(16)3-4-11(8)14(17)9-2-5-12-13(7-9)19-15(20)18-12/h2-7,14H,17H2,1H3,(H2,18,19,20). The van der Waals surface area contributed by atoms with Crippen molar-refractivity contribution in [2.24, 2.45) is 5.73 Å². The Bertz CT molecular complexity index is 834. The molecule has 0 saturated heterocycles. The smallest absolute Gasteiger partial charge is 0.320 e. The van der Waals surface area contributed by atoms with Gasteiger partial charge < -0.3 is 15.7 Å². The molecular weight excluding hydrogens is 318 g/mol. The van der Waals surface area contributed by atoms with Gasteiger partial charge in [-0.3, -0.25) is 0 Å². The highest BCUT2D eigenvalue weighted by Crippen LogP contribution is 2.26. The third-order valence-electron chi connectivity index (χ3n) is 3.47. The molecular formula is C15H14BrN3O. The average molecular weight is 332 g/mol. The van der Waals surface area contributed by atoms with E-state index in [1.807, 2.05) is 43.3 Å². The molecule has 5 heteroatoms. The summed E-state index contributed by atoms with van der Waals surface area (Å²) in [5, 5.41) is 0. The maximum atomic E-state index is 11.3. The molecule has 0 aliphatic heterocycles. The van der Waals surface area contributed by atoms with Gasteiger partial charge in [-0.1, -0.05) is 28.1 Å². The zero-order chi connectivity index (χ0) is 14.3. The van der Waals surface area contributed by atoms with E-state index in [1.54, 1.807) is 0 Å². The van der Waals surface area contributed by atoms with Crippen LogP contribution in [0.3, 0.4) is 0 Å². The van der Waals surface area contributed by atoms with Gasteiger partial charge in [-0.25, -0.2) is 4.79 Å². The van der Waals surface area contributed by atoms with Gasteiger partial charge in [0.05, 0.1) is 17.1 Å². The van der Waals surface area contributed by atoms with Crippen LogP contribution in [0.15, 0.2) is 45.7 Å². The minimum atomic E-state index is -0.217. The highest BCUT2D eigenvalue weighted by molar-refractivity contribution is 9.10. The monoisotopic (exact) mass is 331 g/mol. The van der Waals surface area contributed by atoms with Crippen molar-refractivity contribution in [3.05, 3.63) is 68.0 Å². The van der Waals surface area contributed by atoms with E-state index in [-0.39, 0.29) is 11.7 Å². The zero-order valence-electron chi connectivity index (χ0n) is 10.9. The van der Waals surface area contributed by atoms with Crippen LogP contribution < -0.4 is 11.4 Å². The normalized spacial score (nSPS) is 12.8. The van der Waals surface area contributed by atoms with Crippen LogP contribution in [0.4, 0.5) is 0 Å². The minimum Gasteiger partial charge on any atom is -0.320 e. The first-order valence-electron chi connectivity index (χ1n) is 6.28. The van der Waals surface area contributed by atoms with E-state index in [1.165, 1.54) is 0 Å². The van der Waals surface area contributed by atoms with Gasteiger partial charge in [0, 0.05) is 4.47 Å². The number of fused-ring (bicyclic) bond motifs is 1. The second kappa shape index (κ2) is 4.92. The predicted molar refractivity (Wildman–Crippen MR) is 83.8 cm³/mol. The molecule has 0 aliphatic carbocycles. The summed E-state index contributed by atoms with van der Waals surface area (Å²) in [5.74, 6) is 0. The van der Waals surface area contributed by atoms with Crippen molar-refractivity contribution in [2.45, 2.75) is 13.0 Å². The molecule has 0 aliphatic rings. The van der Waals surface area contributed by atoms with Crippen LogP contribution in [-0.4, -0.2) is 9.97 Å². The maximum Gasteiger partial charge on any atom is 0.323 e. The fourth-order valence-electron chi connectivity index (χ4n) is 2.41. The lowest BCUT2D eigenvalue weighted by Gasteiger charge is -2.15. The Hall–Kier alpha value is -1.85. The van der Waals surface area contributed by atoms with Crippen molar-refractivity contribution in [3.8, 4) is 0 Å². The lowest BCUT2D eigenvalue weighted by molar-refractivity contribution is 0.862. The predicted octanol–water partition coefficient (Wildman–Crippen LogP) is 2.98. The first-order chi connectivity index (χ1) is 9.54. The number of aromatic amines is 2. The lowest BCUT2D eigenvalue weighted by Crippen LogP contribution is -2.13. The van der Waals surface area contributed by atoms with Gasteiger partial charge in [-0.2, -0.15) is 0 Å². The second-order valence-corrected chi connectivity index (χ2v) is 5.78. The van der Waals surface area contributed by atoms with Crippen LogP contribution in [-0.2, 0) is 0 Å². The number of halogens is 1. The molecule has 4 N–H and O–H groups in total. The van der Waals surface area contributed by atoms with Gasteiger partial charge >= 0.3 is 5.69 Å². The number of rotatable bonds is 2. The van der Waals surface area contributed by atoms with Crippen molar-refractivity contribution in [1.82, 2.24) is 9.97 Å². The summed E-state index contributed by atoms with van der Waals surface area (Å²) in [7, 11) is 0. The van der Waals surface area contributed by atoms with Crippen LogP contribution in [0.25, 0.3) is 11.0 Å². The van der Waals surface area contributed by atoms with Gasteiger partial charge in [0.2, 0.25) is 0 Å². The van der Waals surface area contributed by atoms with Gasteiger partial charge in [-0.15, -0.1) is 0 Å². The van der Waals surface area contributed by atoms with Crippen molar-refractivity contribution in [2.75, 3.05) is 0 Å². The molecule has 1 aromatic heterocycles. The molecule has 0 amide bonds. The van der Waals surface area contributed by atoms with E-state index >= 15 is 0 Å². The highest BCUT2D eigenvalue weighted by Gasteiger charge is 2.12. The SMILES string of the molecule is Cc1cc(Br)ccc1C(N)c1ccc2[nH]c(=O)[nH]c2c1. The van der Waals surface area contributed by atoms with Crippen LogP contribution in [0, 0.1) is 6.92 Å². The first-order valence-corrected chi connectivity index (χ1v) is 7.07. The molecule has 0 bridgehead atoms. The molecule has 3 rings (SSSR count). The van der Waals surface area contributed by atoms with Crippen molar-refractivity contribution >= 4 is 27.0 Å². The quantitative estimate of drug-likeness (QED) is 0.675. The third kappa shape index (κ3) is 2.30. The molecule has 1 atom stereocenters. The van der Waals surface area contributed by atoms with Gasteiger partial charge in [0.25, 0.3) is 0 Å². The average Bonchev–Trinajstić information content (AvgIpc) is 2.77. The number of hydrogen-bond donors (Lipinski definition) is 3. The second-order valence-electron chi connectivity index (χ2n) is 4.86. The molecule has 4 nitrogen and oxygen atoms in total. The minimum absolute atomic E-state index is 0.203. The van der Waals surface area contributed by atoms with Crippen LogP contribution >= 0.6 is 15.9 Å². The van der Waals surface area contributed by atoms with E-state index in [9.17, 15) is 4.79 Å². The number of imidazole rings is 1. The summed E-state index contributed by atoms with van der Waals surface area (Å²) >= 11 is 3.45. The number of H-pyrrole nitrogens is 2. The van der Waals surface area contributed by atoms with Gasteiger partial charge in [-0.05, 0) is 47.9 Å². The summed E-state index contributed by atoms with van der Waals surface area (Å²) in [5.41, 5.74) is 10.9. The molecule has 102 valence electrons. The van der Waals surface area contributed by atoms with Crippen molar-refractivity contribution in [3.63, 3.8) is 0 Å². The Morgan fingerprint density at radius 2 is 1.85 bits per heavy atom. The number of nitrogens with one attached hydrogen (secondary N) is 2. The highest BCUT2D eigenvalue weighted by atomic mass is 79.9. The maximum absolute atomic E-state index is 11.3. The lowest BCUT2D eigenvalue weighted by atomic mass is 9.95. The van der Waals surface area contributed by atoms with E-state index in [0.29, 0.717) is 0 Å². The molecule has 0 saturated carbocycles. The number of benzene rings is 2. The van der Waals surface area contributed by atoms with E-state index in [4.69, 9.17) is 5.73 Å². The number of nitrogens with two attached hydrogens (primary N) is 1. The van der Waals surface area contributed by atoms with Crippen LogP contribution in [0.5, 0.6) is 0 Å². The Labute approximate surface area is 124 Å². The molecule has 0 radical (unpaired) electrons. The summed E-state index contributed by atoms with van der Waals surface area (Å²) in [6.45, 7) is 2.04. The summed E-state index contributed by atoms with van der Waals surface area (Å²) in [6, 6.07) is 11.6. The third-order valence-corrected chi connectivity index (χ3v) is 3.96. The molecule has 1 heterocycles. The Balaban J connectivity index is 2.06. The van der Waals surface area contributed by atoms with Crippen LogP contribution in [0.1, 0.15) is 22.7 Å². The molecule has 20 heavy (non-hydrogen) atoms. The Kier molecular flexibility index (Phi) is 3.23. The summed E-state index contributed by atoms with van der Waals surface area (Å²) in [4.78, 5) is 16.8. The number of hydrogen-bond acceptors (Lipinski definition) is 2. The largest absolute Gasteiger partial charge is 0.323 e. The first kappa shape index (κ1) is 13.1. The molecule has 1 unspecified atom stereocenters. The van der Waals surface area contributed by atoms with Crippen molar-refractivity contribution < 1.29 is 0 Å². The fourth-order valence-corrected chi connectivity index (χ4v) is 2.89. The molecule has 0 spiro atoms. The van der Waals surface area contributed by atoms with Gasteiger partial charge in [0.1, 0.15) is 0 Å². The fraction of sp³-hybridized carbons (Fsp3) is 0.133. The number of aryl methyl sites for hydroxylation is 1. The topological polar surface area (TPSA) is 74.7 Å².